The van der Waals surface area contributed by atoms with E-state index in [2.05, 4.69) is 31.2 Å². The molecular formula is C12H17N. The zero-order chi connectivity index (χ0) is 9.26. The molecule has 70 valence electrons. The highest BCUT2D eigenvalue weighted by molar-refractivity contribution is 5.25. The molecule has 1 nitrogen and oxygen atoms in total. The van der Waals surface area contributed by atoms with Gasteiger partial charge in [0.25, 0.3) is 0 Å². The molecule has 0 aromatic heterocycles. The fourth-order valence-electron chi connectivity index (χ4n) is 1.95. The molecule has 0 spiro atoms. The zero-order valence-corrected chi connectivity index (χ0v) is 8.16. The van der Waals surface area contributed by atoms with Gasteiger partial charge in [-0.1, -0.05) is 36.2 Å². The Hall–Kier alpha value is -0.820. The fourth-order valence-corrected chi connectivity index (χ4v) is 1.95. The average molecular weight is 175 g/mol. The molecule has 13 heavy (non-hydrogen) atoms. The van der Waals surface area contributed by atoms with Crippen LogP contribution >= 0.6 is 0 Å². The summed E-state index contributed by atoms with van der Waals surface area (Å²) < 4.78 is 0. The molecule has 0 saturated heterocycles. The van der Waals surface area contributed by atoms with Crippen LogP contribution in [-0.2, 0) is 0 Å². The van der Waals surface area contributed by atoms with Crippen LogP contribution in [-0.4, -0.2) is 0 Å². The lowest BCUT2D eigenvalue weighted by molar-refractivity contribution is 0.264. The molecule has 0 aliphatic heterocycles. The molecule has 0 bridgehead atoms. The molecule has 0 radical (unpaired) electrons. The SMILES string of the molecule is Cc1cccc(C(N)C2CCC2)c1. The molecule has 1 saturated carbocycles. The minimum Gasteiger partial charge on any atom is -0.324 e. The van der Waals surface area contributed by atoms with E-state index in [1.165, 1.54) is 30.4 Å². The predicted molar refractivity (Wildman–Crippen MR) is 55.4 cm³/mol. The monoisotopic (exact) mass is 175 g/mol. The van der Waals surface area contributed by atoms with Crippen LogP contribution in [0.2, 0.25) is 0 Å². The third-order valence-corrected chi connectivity index (χ3v) is 3.08. The van der Waals surface area contributed by atoms with Crippen molar-refractivity contribution < 1.29 is 0 Å². The number of hydrogen-bond acceptors (Lipinski definition) is 1. The van der Waals surface area contributed by atoms with Gasteiger partial charge in [0, 0.05) is 6.04 Å². The minimum absolute atomic E-state index is 0.272. The van der Waals surface area contributed by atoms with Crippen LogP contribution in [0.15, 0.2) is 24.3 Å². The predicted octanol–water partition coefficient (Wildman–Crippen LogP) is 2.79. The Balaban J connectivity index is 2.14. The number of rotatable bonds is 2. The van der Waals surface area contributed by atoms with E-state index in [1.54, 1.807) is 0 Å². The van der Waals surface area contributed by atoms with Crippen molar-refractivity contribution in [2.45, 2.75) is 32.2 Å². The van der Waals surface area contributed by atoms with E-state index < -0.39 is 0 Å². The quantitative estimate of drug-likeness (QED) is 0.735. The highest BCUT2D eigenvalue weighted by atomic mass is 14.7. The summed E-state index contributed by atoms with van der Waals surface area (Å²) in [7, 11) is 0. The summed E-state index contributed by atoms with van der Waals surface area (Å²) in [6.07, 6.45) is 3.99. The van der Waals surface area contributed by atoms with Gasteiger partial charge in [0.05, 0.1) is 0 Å². The number of hydrogen-bond donors (Lipinski definition) is 1. The van der Waals surface area contributed by atoms with Crippen LogP contribution in [0, 0.1) is 12.8 Å². The van der Waals surface area contributed by atoms with Gasteiger partial charge in [-0.25, -0.2) is 0 Å². The van der Waals surface area contributed by atoms with Crippen LogP contribution in [0.1, 0.15) is 36.4 Å². The second kappa shape index (κ2) is 3.51. The summed E-state index contributed by atoms with van der Waals surface area (Å²) in [5, 5.41) is 0. The van der Waals surface area contributed by atoms with Gasteiger partial charge in [0.15, 0.2) is 0 Å². The maximum atomic E-state index is 6.17. The number of aryl methyl sites for hydroxylation is 1. The van der Waals surface area contributed by atoms with E-state index in [1.807, 2.05) is 0 Å². The smallest absolute Gasteiger partial charge is 0.0323 e. The summed E-state index contributed by atoms with van der Waals surface area (Å²) in [4.78, 5) is 0. The Morgan fingerprint density at radius 1 is 1.38 bits per heavy atom. The third kappa shape index (κ3) is 1.75. The molecule has 1 fully saturated rings. The highest BCUT2D eigenvalue weighted by Crippen LogP contribution is 2.36. The lowest BCUT2D eigenvalue weighted by Gasteiger charge is -2.31. The third-order valence-electron chi connectivity index (χ3n) is 3.08. The summed E-state index contributed by atoms with van der Waals surface area (Å²) in [5.74, 6) is 0.738. The van der Waals surface area contributed by atoms with Gasteiger partial charge < -0.3 is 5.73 Å². The Morgan fingerprint density at radius 2 is 2.15 bits per heavy atom. The molecule has 1 aliphatic rings. The molecule has 1 unspecified atom stereocenters. The number of nitrogens with two attached hydrogens (primary N) is 1. The zero-order valence-electron chi connectivity index (χ0n) is 8.16. The molecule has 2 rings (SSSR count). The molecule has 1 atom stereocenters. The molecule has 1 aliphatic carbocycles. The van der Waals surface area contributed by atoms with Gasteiger partial charge in [-0.3, -0.25) is 0 Å². The molecule has 2 N–H and O–H groups in total. The summed E-state index contributed by atoms with van der Waals surface area (Å²) >= 11 is 0. The van der Waals surface area contributed by atoms with Crippen molar-refractivity contribution in [3.05, 3.63) is 35.4 Å². The van der Waals surface area contributed by atoms with Gasteiger partial charge in [-0.15, -0.1) is 0 Å². The van der Waals surface area contributed by atoms with Crippen molar-refractivity contribution in [1.29, 1.82) is 0 Å². The largest absolute Gasteiger partial charge is 0.324 e. The van der Waals surface area contributed by atoms with Gasteiger partial charge >= 0.3 is 0 Å². The van der Waals surface area contributed by atoms with Crippen LogP contribution < -0.4 is 5.73 Å². The van der Waals surface area contributed by atoms with Crippen molar-refractivity contribution in [2.24, 2.45) is 11.7 Å². The van der Waals surface area contributed by atoms with E-state index in [9.17, 15) is 0 Å². The summed E-state index contributed by atoms with van der Waals surface area (Å²) in [6.45, 7) is 2.12. The Labute approximate surface area is 80.0 Å². The second-order valence-electron chi connectivity index (χ2n) is 4.13. The van der Waals surface area contributed by atoms with Gasteiger partial charge in [-0.2, -0.15) is 0 Å². The Kier molecular flexibility index (Phi) is 2.36. The fraction of sp³-hybridized carbons (Fsp3) is 0.500. The van der Waals surface area contributed by atoms with E-state index in [-0.39, 0.29) is 6.04 Å². The van der Waals surface area contributed by atoms with Crippen LogP contribution in [0.3, 0.4) is 0 Å². The lowest BCUT2D eigenvalue weighted by atomic mass is 9.77. The first-order valence-electron chi connectivity index (χ1n) is 5.09. The van der Waals surface area contributed by atoms with Crippen LogP contribution in [0.4, 0.5) is 0 Å². The molecule has 1 aromatic carbocycles. The van der Waals surface area contributed by atoms with Crippen molar-refractivity contribution in [1.82, 2.24) is 0 Å². The van der Waals surface area contributed by atoms with Crippen molar-refractivity contribution in [3.8, 4) is 0 Å². The summed E-state index contributed by atoms with van der Waals surface area (Å²) in [5.41, 5.74) is 8.79. The van der Waals surface area contributed by atoms with Gasteiger partial charge in [0.1, 0.15) is 0 Å². The maximum Gasteiger partial charge on any atom is 0.0323 e. The standard InChI is InChI=1S/C12H17N/c1-9-4-2-7-11(8-9)12(13)10-5-3-6-10/h2,4,7-8,10,12H,3,5-6,13H2,1H3. The number of benzene rings is 1. The average Bonchev–Trinajstić information content (AvgIpc) is 2.01. The minimum atomic E-state index is 0.272. The van der Waals surface area contributed by atoms with E-state index >= 15 is 0 Å². The molecular weight excluding hydrogens is 158 g/mol. The van der Waals surface area contributed by atoms with E-state index in [0.717, 1.165) is 5.92 Å². The van der Waals surface area contributed by atoms with Crippen molar-refractivity contribution in [2.75, 3.05) is 0 Å². The van der Waals surface area contributed by atoms with E-state index in [0.29, 0.717) is 0 Å². The lowest BCUT2D eigenvalue weighted by Crippen LogP contribution is -2.26. The second-order valence-corrected chi connectivity index (χ2v) is 4.13. The first-order chi connectivity index (χ1) is 6.27. The Bertz CT molecular complexity index is 289. The normalized spacial score (nSPS) is 19.5. The molecule has 0 amide bonds. The first kappa shape index (κ1) is 8.76. The highest BCUT2D eigenvalue weighted by Gasteiger charge is 2.25. The Morgan fingerprint density at radius 3 is 2.69 bits per heavy atom. The maximum absolute atomic E-state index is 6.17. The topological polar surface area (TPSA) is 26.0 Å². The van der Waals surface area contributed by atoms with Crippen LogP contribution in [0.5, 0.6) is 0 Å². The van der Waals surface area contributed by atoms with E-state index in [4.69, 9.17) is 5.73 Å². The van der Waals surface area contributed by atoms with Crippen molar-refractivity contribution in [3.63, 3.8) is 0 Å². The van der Waals surface area contributed by atoms with Gasteiger partial charge in [-0.05, 0) is 31.2 Å². The molecule has 1 heteroatoms. The van der Waals surface area contributed by atoms with Crippen molar-refractivity contribution >= 4 is 0 Å². The van der Waals surface area contributed by atoms with Crippen LogP contribution in [0.25, 0.3) is 0 Å². The van der Waals surface area contributed by atoms with Gasteiger partial charge in [0.2, 0.25) is 0 Å². The first-order valence-corrected chi connectivity index (χ1v) is 5.09. The molecule has 1 aromatic rings. The summed E-state index contributed by atoms with van der Waals surface area (Å²) in [6, 6.07) is 8.85. The molecule has 0 heterocycles.